The Kier molecular flexibility index (Phi) is 4.45. The number of halogens is 1. The number of aryl methyl sites for hydroxylation is 1. The Balaban J connectivity index is 1.61. The summed E-state index contributed by atoms with van der Waals surface area (Å²) in [5, 5.41) is 9.41. The van der Waals surface area contributed by atoms with Gasteiger partial charge in [0.15, 0.2) is 0 Å². The van der Waals surface area contributed by atoms with Crippen LogP contribution in [0.15, 0.2) is 41.3 Å². The Labute approximate surface area is 134 Å². The number of furan rings is 1. The van der Waals surface area contributed by atoms with Crippen molar-refractivity contribution in [3.63, 3.8) is 0 Å². The van der Waals surface area contributed by atoms with Gasteiger partial charge in [-0.15, -0.1) is 0 Å². The molecular formula is C16H19ClN4O. The number of aromatic nitrogens is 3. The molecule has 0 aliphatic heterocycles. The van der Waals surface area contributed by atoms with E-state index in [4.69, 9.17) is 16.0 Å². The maximum Gasteiger partial charge on any atom is 0.137 e. The summed E-state index contributed by atoms with van der Waals surface area (Å²) in [5.74, 6) is 0.921. The van der Waals surface area contributed by atoms with Crippen LogP contribution in [0.5, 0.6) is 0 Å². The Bertz CT molecular complexity index is 738. The second-order valence-electron chi connectivity index (χ2n) is 5.57. The first-order valence-corrected chi connectivity index (χ1v) is 7.77. The predicted octanol–water partition coefficient (Wildman–Crippen LogP) is 3.81. The lowest BCUT2D eigenvalue weighted by molar-refractivity contribution is 0.383. The minimum atomic E-state index is 0.136. The van der Waals surface area contributed by atoms with Gasteiger partial charge >= 0.3 is 0 Å². The van der Waals surface area contributed by atoms with Gasteiger partial charge in [-0.1, -0.05) is 11.6 Å². The maximum atomic E-state index is 6.01. The van der Waals surface area contributed by atoms with E-state index >= 15 is 0 Å². The van der Waals surface area contributed by atoms with E-state index < -0.39 is 0 Å². The zero-order valence-corrected chi connectivity index (χ0v) is 13.4. The van der Waals surface area contributed by atoms with Crippen molar-refractivity contribution in [1.29, 1.82) is 0 Å². The molecule has 0 radical (unpaired) electrons. The number of hydrogen-bond acceptors (Lipinski definition) is 4. The van der Waals surface area contributed by atoms with E-state index in [-0.39, 0.29) is 6.04 Å². The van der Waals surface area contributed by atoms with E-state index in [0.717, 1.165) is 34.7 Å². The van der Waals surface area contributed by atoms with Crippen LogP contribution >= 0.6 is 11.6 Å². The maximum absolute atomic E-state index is 6.01. The van der Waals surface area contributed by atoms with Gasteiger partial charge in [0.1, 0.15) is 24.0 Å². The van der Waals surface area contributed by atoms with E-state index in [1.165, 1.54) is 0 Å². The Hall–Kier alpha value is -1.85. The third kappa shape index (κ3) is 3.48. The molecule has 5 nitrogen and oxygen atoms in total. The zero-order chi connectivity index (χ0) is 15.5. The molecule has 0 aliphatic rings. The number of rotatable bonds is 6. The summed E-state index contributed by atoms with van der Waals surface area (Å²) in [5.41, 5.74) is 0.864. The molecule has 116 valence electrons. The molecule has 0 saturated carbocycles. The SMILES string of the molecule is C[C@H](CCn1cncn1)N[C@H](C)c1cc2cc(Cl)ccc2o1. The summed E-state index contributed by atoms with van der Waals surface area (Å²) in [4.78, 5) is 3.95. The van der Waals surface area contributed by atoms with Crippen LogP contribution in [0.4, 0.5) is 0 Å². The molecule has 3 aromatic rings. The van der Waals surface area contributed by atoms with Gasteiger partial charge in [0.05, 0.1) is 6.04 Å². The molecule has 6 heteroatoms. The van der Waals surface area contributed by atoms with Gasteiger partial charge in [-0.2, -0.15) is 5.10 Å². The van der Waals surface area contributed by atoms with Crippen molar-refractivity contribution >= 4 is 22.6 Å². The molecular weight excluding hydrogens is 300 g/mol. The van der Waals surface area contributed by atoms with Crippen molar-refractivity contribution in [3.8, 4) is 0 Å². The molecule has 0 aliphatic carbocycles. The molecule has 1 N–H and O–H groups in total. The minimum absolute atomic E-state index is 0.136. The van der Waals surface area contributed by atoms with Crippen LogP contribution in [0.3, 0.4) is 0 Å². The molecule has 2 aromatic heterocycles. The van der Waals surface area contributed by atoms with Gasteiger partial charge in [-0.05, 0) is 44.5 Å². The molecule has 1 aromatic carbocycles. The van der Waals surface area contributed by atoms with Crippen molar-refractivity contribution in [3.05, 3.63) is 47.7 Å². The van der Waals surface area contributed by atoms with E-state index in [1.807, 2.05) is 28.9 Å². The second kappa shape index (κ2) is 6.50. The largest absolute Gasteiger partial charge is 0.459 e. The van der Waals surface area contributed by atoms with E-state index in [0.29, 0.717) is 6.04 Å². The number of nitrogens with zero attached hydrogens (tertiary/aromatic N) is 3. The normalized spacial score (nSPS) is 14.3. The summed E-state index contributed by atoms with van der Waals surface area (Å²) >= 11 is 6.01. The molecule has 2 atom stereocenters. The van der Waals surface area contributed by atoms with Gasteiger partial charge < -0.3 is 9.73 Å². The molecule has 2 heterocycles. The zero-order valence-electron chi connectivity index (χ0n) is 12.7. The topological polar surface area (TPSA) is 55.9 Å². The number of nitrogens with one attached hydrogen (secondary N) is 1. The Morgan fingerprint density at radius 3 is 2.95 bits per heavy atom. The lowest BCUT2D eigenvalue weighted by Crippen LogP contribution is -2.29. The minimum Gasteiger partial charge on any atom is -0.459 e. The van der Waals surface area contributed by atoms with Crippen molar-refractivity contribution in [2.45, 2.75) is 38.9 Å². The molecule has 3 rings (SSSR count). The first kappa shape index (κ1) is 15.1. The molecule has 0 spiro atoms. The van der Waals surface area contributed by atoms with Crippen molar-refractivity contribution in [2.75, 3.05) is 0 Å². The highest BCUT2D eigenvalue weighted by Crippen LogP contribution is 2.26. The Morgan fingerprint density at radius 1 is 1.32 bits per heavy atom. The molecule has 0 unspecified atom stereocenters. The Morgan fingerprint density at radius 2 is 2.18 bits per heavy atom. The monoisotopic (exact) mass is 318 g/mol. The van der Waals surface area contributed by atoms with Gasteiger partial charge in [-0.25, -0.2) is 4.98 Å². The van der Waals surface area contributed by atoms with E-state index in [9.17, 15) is 0 Å². The first-order valence-electron chi connectivity index (χ1n) is 7.39. The van der Waals surface area contributed by atoms with Gasteiger partial charge in [0.25, 0.3) is 0 Å². The van der Waals surface area contributed by atoms with Crippen molar-refractivity contribution in [2.24, 2.45) is 0 Å². The molecule has 22 heavy (non-hydrogen) atoms. The highest BCUT2D eigenvalue weighted by Gasteiger charge is 2.14. The van der Waals surface area contributed by atoms with Crippen LogP contribution in [0.25, 0.3) is 11.0 Å². The average Bonchev–Trinajstić information content (AvgIpc) is 3.13. The third-order valence-corrected chi connectivity index (χ3v) is 3.95. The van der Waals surface area contributed by atoms with Crippen LogP contribution in [-0.4, -0.2) is 20.8 Å². The summed E-state index contributed by atoms with van der Waals surface area (Å²) in [6.07, 6.45) is 4.26. The van der Waals surface area contributed by atoms with Crippen molar-refractivity contribution < 1.29 is 4.42 Å². The summed E-state index contributed by atoms with van der Waals surface area (Å²) in [7, 11) is 0. The quantitative estimate of drug-likeness (QED) is 0.751. The fourth-order valence-corrected chi connectivity index (χ4v) is 2.70. The van der Waals surface area contributed by atoms with Gasteiger partial charge in [0, 0.05) is 23.0 Å². The number of fused-ring (bicyclic) bond motifs is 1. The predicted molar refractivity (Wildman–Crippen MR) is 86.9 cm³/mol. The van der Waals surface area contributed by atoms with Gasteiger partial charge in [0.2, 0.25) is 0 Å². The number of benzene rings is 1. The fraction of sp³-hybridized carbons (Fsp3) is 0.375. The van der Waals surface area contributed by atoms with Crippen molar-refractivity contribution in [1.82, 2.24) is 20.1 Å². The standard InChI is InChI=1S/C16H19ClN4O/c1-11(5-6-21-10-18-9-19-21)20-12(2)16-8-13-7-14(17)3-4-15(13)22-16/h3-4,7-12,20H,5-6H2,1-2H3/t11-,12-/m1/s1. The van der Waals surface area contributed by atoms with Crippen LogP contribution in [0, 0.1) is 0 Å². The second-order valence-corrected chi connectivity index (χ2v) is 6.00. The summed E-state index contributed by atoms with van der Waals surface area (Å²) in [6.45, 7) is 5.11. The van der Waals surface area contributed by atoms with Gasteiger partial charge in [-0.3, -0.25) is 4.68 Å². The molecule has 0 bridgehead atoms. The van der Waals surface area contributed by atoms with E-state index in [2.05, 4.69) is 29.2 Å². The third-order valence-electron chi connectivity index (χ3n) is 3.72. The lowest BCUT2D eigenvalue weighted by Gasteiger charge is -2.18. The molecule has 0 saturated heterocycles. The fourth-order valence-electron chi connectivity index (χ4n) is 2.51. The smallest absolute Gasteiger partial charge is 0.137 e. The lowest BCUT2D eigenvalue weighted by atomic mass is 10.1. The molecule has 0 fully saturated rings. The van der Waals surface area contributed by atoms with E-state index in [1.54, 1.807) is 12.7 Å². The van der Waals surface area contributed by atoms with Crippen LogP contribution in [0.2, 0.25) is 5.02 Å². The number of hydrogen-bond donors (Lipinski definition) is 1. The average molecular weight is 319 g/mol. The van der Waals surface area contributed by atoms with Crippen LogP contribution in [0.1, 0.15) is 32.1 Å². The van der Waals surface area contributed by atoms with Crippen LogP contribution in [-0.2, 0) is 6.54 Å². The van der Waals surface area contributed by atoms with Crippen LogP contribution < -0.4 is 5.32 Å². The highest BCUT2D eigenvalue weighted by atomic mass is 35.5. The molecule has 0 amide bonds. The summed E-state index contributed by atoms with van der Waals surface area (Å²) < 4.78 is 7.73. The first-order chi connectivity index (χ1) is 10.6. The highest BCUT2D eigenvalue weighted by molar-refractivity contribution is 6.31. The summed E-state index contributed by atoms with van der Waals surface area (Å²) in [6, 6.07) is 8.19.